The van der Waals surface area contributed by atoms with E-state index in [1.165, 1.54) is 16.7 Å². The molecule has 1 saturated heterocycles. The topological polar surface area (TPSA) is 49.3 Å². The van der Waals surface area contributed by atoms with Gasteiger partial charge in [-0.25, -0.2) is 9.97 Å². The number of hydrogen-bond donors (Lipinski definition) is 0. The van der Waals surface area contributed by atoms with Crippen LogP contribution in [0.25, 0.3) is 0 Å². The van der Waals surface area contributed by atoms with Crippen LogP contribution in [0.15, 0.2) is 48.5 Å². The highest BCUT2D eigenvalue weighted by Gasteiger charge is 2.27. The second kappa shape index (κ2) is 10.6. The first-order chi connectivity index (χ1) is 16.4. The summed E-state index contributed by atoms with van der Waals surface area (Å²) in [7, 11) is 0. The van der Waals surface area contributed by atoms with Gasteiger partial charge in [0.1, 0.15) is 11.6 Å². The summed E-state index contributed by atoms with van der Waals surface area (Å²) in [5.74, 6) is 2.20. The molecule has 0 N–H and O–H groups in total. The minimum atomic E-state index is -0.00982. The van der Waals surface area contributed by atoms with Gasteiger partial charge in [-0.1, -0.05) is 67.4 Å². The smallest absolute Gasteiger partial charge is 0.255 e. The highest BCUT2D eigenvalue weighted by molar-refractivity contribution is 6.33. The highest BCUT2D eigenvalue weighted by Crippen LogP contribution is 2.28. The van der Waals surface area contributed by atoms with Crippen molar-refractivity contribution in [1.82, 2.24) is 14.9 Å². The van der Waals surface area contributed by atoms with Crippen molar-refractivity contribution >= 4 is 23.3 Å². The number of aromatic nitrogens is 2. The molecular formula is C28H33ClN4O. The van der Waals surface area contributed by atoms with E-state index in [2.05, 4.69) is 56.9 Å². The van der Waals surface area contributed by atoms with Gasteiger partial charge in [0.25, 0.3) is 5.91 Å². The Balaban J connectivity index is 1.60. The van der Waals surface area contributed by atoms with Gasteiger partial charge in [-0.15, -0.1) is 0 Å². The number of halogens is 1. The van der Waals surface area contributed by atoms with E-state index in [1.807, 2.05) is 17.0 Å². The van der Waals surface area contributed by atoms with Crippen LogP contribution in [-0.4, -0.2) is 47.0 Å². The van der Waals surface area contributed by atoms with Gasteiger partial charge in [0.15, 0.2) is 0 Å². The first kappa shape index (κ1) is 24.2. The Morgan fingerprint density at radius 3 is 2.44 bits per heavy atom. The average Bonchev–Trinajstić information content (AvgIpc) is 2.84. The fourth-order valence-electron chi connectivity index (χ4n) is 4.43. The molecule has 4 rings (SSSR count). The SMILES string of the molecule is CC[C@@H](C)c1nc(C)c(Cc2cccc(C)c2)c(N2CCN(C(=O)c3ccccc3Cl)CC2)n1. The van der Waals surface area contributed by atoms with Crippen LogP contribution in [0, 0.1) is 13.8 Å². The summed E-state index contributed by atoms with van der Waals surface area (Å²) in [6.45, 7) is 11.3. The molecule has 5 nitrogen and oxygen atoms in total. The maximum absolute atomic E-state index is 13.0. The Kier molecular flexibility index (Phi) is 7.52. The fourth-order valence-corrected chi connectivity index (χ4v) is 4.64. The molecular weight excluding hydrogens is 444 g/mol. The third-order valence-electron chi connectivity index (χ3n) is 6.70. The Hall–Kier alpha value is -2.92. The number of rotatable bonds is 6. The summed E-state index contributed by atoms with van der Waals surface area (Å²) < 4.78 is 0. The summed E-state index contributed by atoms with van der Waals surface area (Å²) in [4.78, 5) is 27.2. The molecule has 1 aliphatic rings. The van der Waals surface area contributed by atoms with Crippen LogP contribution in [0.3, 0.4) is 0 Å². The van der Waals surface area contributed by atoms with E-state index in [4.69, 9.17) is 21.6 Å². The van der Waals surface area contributed by atoms with E-state index in [0.29, 0.717) is 29.6 Å². The van der Waals surface area contributed by atoms with Crippen LogP contribution in [0.4, 0.5) is 5.82 Å². The lowest BCUT2D eigenvalue weighted by Crippen LogP contribution is -2.49. The molecule has 34 heavy (non-hydrogen) atoms. The molecule has 0 bridgehead atoms. The lowest BCUT2D eigenvalue weighted by Gasteiger charge is -2.37. The van der Waals surface area contributed by atoms with Crippen molar-refractivity contribution in [3.05, 3.63) is 87.3 Å². The van der Waals surface area contributed by atoms with E-state index in [1.54, 1.807) is 12.1 Å². The van der Waals surface area contributed by atoms with Gasteiger partial charge < -0.3 is 9.80 Å². The van der Waals surface area contributed by atoms with Gasteiger partial charge in [0, 0.05) is 49.8 Å². The Bertz CT molecular complexity index is 1170. The molecule has 1 aromatic heterocycles. The van der Waals surface area contributed by atoms with Crippen LogP contribution < -0.4 is 4.90 Å². The lowest BCUT2D eigenvalue weighted by molar-refractivity contribution is 0.0746. The molecule has 1 atom stereocenters. The third-order valence-corrected chi connectivity index (χ3v) is 7.03. The van der Waals surface area contributed by atoms with Crippen molar-refractivity contribution in [3.8, 4) is 0 Å². The van der Waals surface area contributed by atoms with Gasteiger partial charge in [-0.3, -0.25) is 4.79 Å². The van der Waals surface area contributed by atoms with Crippen molar-refractivity contribution in [3.63, 3.8) is 0 Å². The number of piperazine rings is 1. The Morgan fingerprint density at radius 1 is 1.03 bits per heavy atom. The third kappa shape index (κ3) is 5.25. The molecule has 3 aromatic rings. The molecule has 0 unspecified atom stereocenters. The second-order valence-electron chi connectivity index (χ2n) is 9.20. The second-order valence-corrected chi connectivity index (χ2v) is 9.61. The quantitative estimate of drug-likeness (QED) is 0.450. The molecule has 2 heterocycles. The number of aryl methyl sites for hydroxylation is 2. The van der Waals surface area contributed by atoms with Gasteiger partial charge in [0.05, 0.1) is 10.6 Å². The van der Waals surface area contributed by atoms with Gasteiger partial charge in [0.2, 0.25) is 0 Å². The maximum atomic E-state index is 13.0. The first-order valence-electron chi connectivity index (χ1n) is 12.1. The number of amides is 1. The molecule has 178 valence electrons. The number of hydrogen-bond acceptors (Lipinski definition) is 4. The van der Waals surface area contributed by atoms with Crippen LogP contribution in [0.2, 0.25) is 5.02 Å². The monoisotopic (exact) mass is 476 g/mol. The summed E-state index contributed by atoms with van der Waals surface area (Å²) in [5.41, 5.74) is 5.28. The lowest BCUT2D eigenvalue weighted by atomic mass is 10.0. The van der Waals surface area contributed by atoms with Gasteiger partial charge in [-0.05, 0) is 38.0 Å². The maximum Gasteiger partial charge on any atom is 0.255 e. The average molecular weight is 477 g/mol. The molecule has 0 saturated carbocycles. The van der Waals surface area contributed by atoms with E-state index >= 15 is 0 Å². The number of carbonyl (C=O) groups is 1. The van der Waals surface area contributed by atoms with Crippen molar-refractivity contribution in [2.45, 2.75) is 46.5 Å². The Morgan fingerprint density at radius 2 is 1.76 bits per heavy atom. The van der Waals surface area contributed by atoms with Crippen molar-refractivity contribution < 1.29 is 4.79 Å². The predicted octanol–water partition coefficient (Wildman–Crippen LogP) is 5.81. The molecule has 1 amide bonds. The summed E-state index contributed by atoms with van der Waals surface area (Å²) >= 11 is 6.28. The molecule has 2 aromatic carbocycles. The first-order valence-corrected chi connectivity index (χ1v) is 12.5. The van der Waals surface area contributed by atoms with E-state index in [9.17, 15) is 4.79 Å². The van der Waals surface area contributed by atoms with Crippen molar-refractivity contribution in [2.24, 2.45) is 0 Å². The number of carbonyl (C=O) groups excluding carboxylic acids is 1. The molecule has 1 aliphatic heterocycles. The van der Waals surface area contributed by atoms with E-state index in [-0.39, 0.29) is 5.91 Å². The number of anilines is 1. The summed E-state index contributed by atoms with van der Waals surface area (Å²) in [6, 6.07) is 15.9. The van der Waals surface area contributed by atoms with E-state index in [0.717, 1.165) is 43.3 Å². The summed E-state index contributed by atoms with van der Waals surface area (Å²) in [6.07, 6.45) is 1.79. The van der Waals surface area contributed by atoms with Crippen LogP contribution in [0.1, 0.15) is 64.8 Å². The predicted molar refractivity (Wildman–Crippen MR) is 139 cm³/mol. The zero-order valence-electron chi connectivity index (χ0n) is 20.5. The largest absolute Gasteiger partial charge is 0.353 e. The number of benzene rings is 2. The van der Waals surface area contributed by atoms with Crippen LogP contribution in [-0.2, 0) is 6.42 Å². The zero-order chi connectivity index (χ0) is 24.2. The van der Waals surface area contributed by atoms with Crippen molar-refractivity contribution in [2.75, 3.05) is 31.1 Å². The molecule has 0 spiro atoms. The van der Waals surface area contributed by atoms with Crippen LogP contribution >= 0.6 is 11.6 Å². The molecule has 0 radical (unpaired) electrons. The highest BCUT2D eigenvalue weighted by atomic mass is 35.5. The normalized spacial score (nSPS) is 14.9. The zero-order valence-corrected chi connectivity index (χ0v) is 21.3. The van der Waals surface area contributed by atoms with Gasteiger partial charge >= 0.3 is 0 Å². The van der Waals surface area contributed by atoms with Gasteiger partial charge in [-0.2, -0.15) is 0 Å². The molecule has 1 fully saturated rings. The minimum absolute atomic E-state index is 0.00982. The Labute approximate surface area is 207 Å². The minimum Gasteiger partial charge on any atom is -0.353 e. The van der Waals surface area contributed by atoms with Crippen LogP contribution in [0.5, 0.6) is 0 Å². The molecule has 0 aliphatic carbocycles. The standard InChI is InChI=1S/C28H33ClN4O/c1-5-20(3)26-30-21(4)24(18-22-10-8-9-19(2)17-22)27(31-26)32-13-15-33(16-14-32)28(34)23-11-6-7-12-25(23)29/h6-12,17,20H,5,13-16,18H2,1-4H3/t20-/m1/s1. The number of nitrogens with zero attached hydrogens (tertiary/aromatic N) is 4. The fraction of sp³-hybridized carbons (Fsp3) is 0.393. The van der Waals surface area contributed by atoms with Crippen molar-refractivity contribution in [1.29, 1.82) is 0 Å². The molecule has 6 heteroatoms. The summed E-state index contributed by atoms with van der Waals surface area (Å²) in [5, 5.41) is 0.500. The van der Waals surface area contributed by atoms with E-state index < -0.39 is 0 Å².